The van der Waals surface area contributed by atoms with Gasteiger partial charge in [0.25, 0.3) is 5.91 Å². The Bertz CT molecular complexity index is 566. The molecule has 126 valence electrons. The number of hydrogen-bond donors (Lipinski definition) is 1. The molecule has 0 aliphatic carbocycles. The van der Waals surface area contributed by atoms with Crippen LogP contribution < -0.4 is 10.1 Å². The van der Waals surface area contributed by atoms with E-state index >= 15 is 0 Å². The van der Waals surface area contributed by atoms with Crippen molar-refractivity contribution in [1.29, 1.82) is 0 Å². The maximum atomic E-state index is 12.2. The van der Waals surface area contributed by atoms with Crippen LogP contribution in [0.2, 0.25) is 0 Å². The van der Waals surface area contributed by atoms with E-state index < -0.39 is 0 Å². The Kier molecular flexibility index (Phi) is 5.84. The molecule has 1 aromatic carbocycles. The van der Waals surface area contributed by atoms with E-state index in [1.807, 2.05) is 39.0 Å². The lowest BCUT2D eigenvalue weighted by Crippen LogP contribution is -2.53. The maximum Gasteiger partial charge on any atom is 0.317 e. The molecule has 0 aromatic heterocycles. The largest absolute Gasteiger partial charge is 0.484 e. The standard InChI is InChI=1S/C17H25N3O3/c1-4-18-17(22)20-9-7-19(8-10-20)16(21)12-23-15-6-5-13(2)14(3)11-15/h5-6,11H,4,7-10,12H2,1-3H3,(H,18,22). The van der Waals surface area contributed by atoms with Crippen LogP contribution in [0.25, 0.3) is 0 Å². The molecular formula is C17H25N3O3. The first-order valence-electron chi connectivity index (χ1n) is 8.02. The van der Waals surface area contributed by atoms with E-state index in [0.29, 0.717) is 38.5 Å². The van der Waals surface area contributed by atoms with Crippen molar-refractivity contribution < 1.29 is 14.3 Å². The van der Waals surface area contributed by atoms with Crippen molar-refractivity contribution in [3.8, 4) is 5.75 Å². The number of hydrogen-bond acceptors (Lipinski definition) is 3. The highest BCUT2D eigenvalue weighted by Crippen LogP contribution is 2.16. The predicted molar refractivity (Wildman–Crippen MR) is 88.6 cm³/mol. The molecule has 0 radical (unpaired) electrons. The van der Waals surface area contributed by atoms with Gasteiger partial charge >= 0.3 is 6.03 Å². The van der Waals surface area contributed by atoms with Crippen LogP contribution >= 0.6 is 0 Å². The highest BCUT2D eigenvalue weighted by molar-refractivity contribution is 5.79. The molecule has 6 nitrogen and oxygen atoms in total. The maximum absolute atomic E-state index is 12.2. The fourth-order valence-electron chi connectivity index (χ4n) is 2.46. The molecule has 3 amide bonds. The van der Waals surface area contributed by atoms with Gasteiger partial charge in [-0.3, -0.25) is 4.79 Å². The molecule has 0 bridgehead atoms. The number of carbonyl (C=O) groups is 2. The van der Waals surface area contributed by atoms with Gasteiger partial charge < -0.3 is 19.9 Å². The summed E-state index contributed by atoms with van der Waals surface area (Å²) in [6, 6.07) is 5.74. The van der Waals surface area contributed by atoms with Gasteiger partial charge in [-0.25, -0.2) is 4.79 Å². The first-order chi connectivity index (χ1) is 11.0. The third-order valence-corrected chi connectivity index (χ3v) is 4.09. The van der Waals surface area contributed by atoms with E-state index in [9.17, 15) is 9.59 Å². The zero-order chi connectivity index (χ0) is 16.8. The van der Waals surface area contributed by atoms with Gasteiger partial charge in [-0.1, -0.05) is 6.07 Å². The quantitative estimate of drug-likeness (QED) is 0.916. The van der Waals surface area contributed by atoms with Gasteiger partial charge in [-0.2, -0.15) is 0 Å². The minimum atomic E-state index is -0.0639. The normalized spacial score (nSPS) is 14.6. The number of urea groups is 1. The molecule has 1 heterocycles. The fourth-order valence-corrected chi connectivity index (χ4v) is 2.46. The average molecular weight is 319 g/mol. The number of ether oxygens (including phenoxy) is 1. The molecule has 1 aromatic rings. The molecule has 23 heavy (non-hydrogen) atoms. The van der Waals surface area contributed by atoms with E-state index in [1.54, 1.807) is 9.80 Å². The van der Waals surface area contributed by atoms with Crippen LogP contribution in [0.3, 0.4) is 0 Å². The Labute approximate surface area is 137 Å². The zero-order valence-electron chi connectivity index (χ0n) is 14.1. The second-order valence-electron chi connectivity index (χ2n) is 5.74. The number of benzene rings is 1. The molecule has 0 saturated carbocycles. The average Bonchev–Trinajstić information content (AvgIpc) is 2.56. The monoisotopic (exact) mass is 319 g/mol. The second-order valence-corrected chi connectivity index (χ2v) is 5.74. The first kappa shape index (κ1) is 17.1. The summed E-state index contributed by atoms with van der Waals surface area (Å²) in [5.74, 6) is 0.668. The highest BCUT2D eigenvalue weighted by atomic mass is 16.5. The van der Waals surface area contributed by atoms with Crippen LogP contribution in [-0.4, -0.2) is 61.1 Å². The number of aryl methyl sites for hydroxylation is 2. The van der Waals surface area contributed by atoms with Crippen LogP contribution in [0.15, 0.2) is 18.2 Å². The molecular weight excluding hydrogens is 294 g/mol. The fraction of sp³-hybridized carbons (Fsp3) is 0.529. The van der Waals surface area contributed by atoms with E-state index in [0.717, 1.165) is 5.56 Å². The minimum absolute atomic E-state index is 0.0314. The Hall–Kier alpha value is -2.24. The Morgan fingerprint density at radius 3 is 2.35 bits per heavy atom. The van der Waals surface area contributed by atoms with Gasteiger partial charge in [-0.05, 0) is 44.0 Å². The third kappa shape index (κ3) is 4.61. The summed E-state index contributed by atoms with van der Waals surface area (Å²) in [5.41, 5.74) is 2.34. The van der Waals surface area contributed by atoms with Crippen molar-refractivity contribution in [2.24, 2.45) is 0 Å². The predicted octanol–water partition coefficient (Wildman–Crippen LogP) is 1.56. The summed E-state index contributed by atoms with van der Waals surface area (Å²) in [6.45, 7) is 8.80. The number of amides is 3. The van der Waals surface area contributed by atoms with Crippen molar-refractivity contribution in [3.05, 3.63) is 29.3 Å². The van der Waals surface area contributed by atoms with E-state index in [2.05, 4.69) is 5.32 Å². The van der Waals surface area contributed by atoms with Crippen LogP contribution in [-0.2, 0) is 4.79 Å². The van der Waals surface area contributed by atoms with E-state index in [1.165, 1.54) is 5.56 Å². The van der Waals surface area contributed by atoms with Crippen molar-refractivity contribution in [2.45, 2.75) is 20.8 Å². The lowest BCUT2D eigenvalue weighted by Gasteiger charge is -2.34. The topological polar surface area (TPSA) is 61.9 Å². The van der Waals surface area contributed by atoms with Crippen LogP contribution in [0.1, 0.15) is 18.1 Å². The van der Waals surface area contributed by atoms with Crippen molar-refractivity contribution in [1.82, 2.24) is 15.1 Å². The Balaban J connectivity index is 1.79. The molecule has 2 rings (SSSR count). The smallest absolute Gasteiger partial charge is 0.317 e. The second kappa shape index (κ2) is 7.85. The summed E-state index contributed by atoms with van der Waals surface area (Å²) < 4.78 is 5.59. The lowest BCUT2D eigenvalue weighted by molar-refractivity contribution is -0.134. The molecule has 0 spiro atoms. The molecule has 6 heteroatoms. The number of nitrogens with zero attached hydrogens (tertiary/aromatic N) is 2. The van der Waals surface area contributed by atoms with Crippen molar-refractivity contribution in [2.75, 3.05) is 39.3 Å². The molecule has 1 fully saturated rings. The summed E-state index contributed by atoms with van der Waals surface area (Å²) in [4.78, 5) is 27.4. The molecule has 1 N–H and O–H groups in total. The number of piperazine rings is 1. The van der Waals surface area contributed by atoms with Crippen LogP contribution in [0.5, 0.6) is 5.75 Å². The first-order valence-corrected chi connectivity index (χ1v) is 8.02. The minimum Gasteiger partial charge on any atom is -0.484 e. The summed E-state index contributed by atoms with van der Waals surface area (Å²) >= 11 is 0. The molecule has 0 unspecified atom stereocenters. The van der Waals surface area contributed by atoms with Crippen molar-refractivity contribution >= 4 is 11.9 Å². The molecule has 1 saturated heterocycles. The summed E-state index contributed by atoms with van der Waals surface area (Å²) in [6.07, 6.45) is 0. The molecule has 1 aliphatic rings. The van der Waals surface area contributed by atoms with Crippen LogP contribution in [0, 0.1) is 13.8 Å². The zero-order valence-corrected chi connectivity index (χ0v) is 14.1. The Morgan fingerprint density at radius 1 is 1.09 bits per heavy atom. The van der Waals surface area contributed by atoms with Gasteiger partial charge in [0.05, 0.1) is 0 Å². The van der Waals surface area contributed by atoms with Gasteiger partial charge in [0.2, 0.25) is 0 Å². The summed E-state index contributed by atoms with van der Waals surface area (Å²) in [5, 5.41) is 2.77. The number of nitrogens with one attached hydrogen (secondary N) is 1. The SMILES string of the molecule is CCNC(=O)N1CCN(C(=O)COc2ccc(C)c(C)c2)CC1. The van der Waals surface area contributed by atoms with Gasteiger partial charge in [0, 0.05) is 32.7 Å². The third-order valence-electron chi connectivity index (χ3n) is 4.09. The van der Waals surface area contributed by atoms with E-state index in [-0.39, 0.29) is 18.5 Å². The number of carbonyl (C=O) groups excluding carboxylic acids is 2. The lowest BCUT2D eigenvalue weighted by atomic mass is 10.1. The molecule has 1 aliphatic heterocycles. The number of rotatable bonds is 4. The molecule has 0 atom stereocenters. The highest BCUT2D eigenvalue weighted by Gasteiger charge is 2.23. The van der Waals surface area contributed by atoms with E-state index in [4.69, 9.17) is 4.74 Å². The van der Waals surface area contributed by atoms with Gasteiger partial charge in [0.1, 0.15) is 5.75 Å². The Morgan fingerprint density at radius 2 is 1.74 bits per heavy atom. The van der Waals surface area contributed by atoms with Crippen LogP contribution in [0.4, 0.5) is 4.79 Å². The van der Waals surface area contributed by atoms with Gasteiger partial charge in [-0.15, -0.1) is 0 Å². The van der Waals surface area contributed by atoms with Gasteiger partial charge in [0.15, 0.2) is 6.61 Å². The summed E-state index contributed by atoms with van der Waals surface area (Å²) in [7, 11) is 0. The van der Waals surface area contributed by atoms with Crippen molar-refractivity contribution in [3.63, 3.8) is 0 Å².